The third kappa shape index (κ3) is 5.23. The number of ether oxygens (including phenoxy) is 1. The van der Waals surface area contributed by atoms with Gasteiger partial charge in [-0.3, -0.25) is 9.59 Å². The maximum Gasteiger partial charge on any atom is 0.308 e. The van der Waals surface area contributed by atoms with Crippen LogP contribution in [0.4, 0.5) is 0 Å². The number of aliphatic carboxylic acids is 1. The van der Waals surface area contributed by atoms with E-state index in [0.29, 0.717) is 23.6 Å². The van der Waals surface area contributed by atoms with E-state index in [-0.39, 0.29) is 12.5 Å². The molecule has 2 N–H and O–H groups in total. The second kappa shape index (κ2) is 9.25. The van der Waals surface area contributed by atoms with Crippen molar-refractivity contribution < 1.29 is 19.4 Å². The van der Waals surface area contributed by atoms with Crippen LogP contribution in [0, 0.1) is 12.8 Å². The minimum Gasteiger partial charge on any atom is -0.494 e. The number of halogens is 1. The highest BCUT2D eigenvalue weighted by Crippen LogP contribution is 2.20. The Morgan fingerprint density at radius 3 is 2.50 bits per heavy atom. The average Bonchev–Trinajstić information content (AvgIpc) is 2.62. The van der Waals surface area contributed by atoms with Gasteiger partial charge in [-0.2, -0.15) is 0 Å². The highest BCUT2D eigenvalue weighted by molar-refractivity contribution is 6.34. The lowest BCUT2D eigenvalue weighted by Crippen LogP contribution is -2.34. The molecule has 0 aliphatic heterocycles. The van der Waals surface area contributed by atoms with Crippen LogP contribution in [-0.2, 0) is 11.2 Å². The zero-order chi connectivity index (χ0) is 19.1. The summed E-state index contributed by atoms with van der Waals surface area (Å²) in [6, 6.07) is 12.5. The number of amides is 1. The van der Waals surface area contributed by atoms with Crippen molar-refractivity contribution >= 4 is 23.5 Å². The van der Waals surface area contributed by atoms with Gasteiger partial charge in [0.05, 0.1) is 23.1 Å². The van der Waals surface area contributed by atoms with Crippen LogP contribution in [0.25, 0.3) is 0 Å². The number of carbonyl (C=O) groups excluding carboxylic acids is 1. The Balaban J connectivity index is 2.00. The van der Waals surface area contributed by atoms with Gasteiger partial charge in [-0.1, -0.05) is 35.9 Å². The van der Waals surface area contributed by atoms with E-state index in [4.69, 9.17) is 16.3 Å². The van der Waals surface area contributed by atoms with Crippen LogP contribution in [0.15, 0.2) is 42.5 Å². The Kier molecular flexibility index (Phi) is 7.04. The third-order valence-corrected chi connectivity index (χ3v) is 4.51. The van der Waals surface area contributed by atoms with E-state index in [9.17, 15) is 14.7 Å². The van der Waals surface area contributed by atoms with E-state index in [1.54, 1.807) is 12.1 Å². The molecule has 0 aromatic heterocycles. The van der Waals surface area contributed by atoms with Crippen molar-refractivity contribution in [2.75, 3.05) is 13.2 Å². The Hall–Kier alpha value is -2.53. The summed E-state index contributed by atoms with van der Waals surface area (Å²) in [6.45, 7) is 4.30. The SMILES string of the molecule is CCOc1ccc(CC(CNC(=O)c2cccc(C)c2Cl)C(=O)O)cc1. The van der Waals surface area contributed by atoms with Crippen LogP contribution in [0.3, 0.4) is 0 Å². The highest BCUT2D eigenvalue weighted by atomic mass is 35.5. The van der Waals surface area contributed by atoms with Crippen molar-refractivity contribution in [1.82, 2.24) is 5.32 Å². The summed E-state index contributed by atoms with van der Waals surface area (Å²) in [5.41, 5.74) is 2.00. The number of carboxylic acid groups (broad SMARTS) is 1. The zero-order valence-electron chi connectivity index (χ0n) is 14.8. The zero-order valence-corrected chi connectivity index (χ0v) is 15.5. The highest BCUT2D eigenvalue weighted by Gasteiger charge is 2.20. The number of benzene rings is 2. The largest absolute Gasteiger partial charge is 0.494 e. The molecule has 0 aliphatic carbocycles. The lowest BCUT2D eigenvalue weighted by molar-refractivity contribution is -0.141. The minimum atomic E-state index is -0.963. The molecule has 0 saturated heterocycles. The van der Waals surface area contributed by atoms with Crippen molar-refractivity contribution in [3.63, 3.8) is 0 Å². The second-order valence-electron chi connectivity index (χ2n) is 5.96. The summed E-state index contributed by atoms with van der Waals surface area (Å²) in [6.07, 6.45) is 0.309. The first kappa shape index (κ1) is 19.8. The fraction of sp³-hybridized carbons (Fsp3) is 0.300. The molecular formula is C20H22ClNO4. The summed E-state index contributed by atoms with van der Waals surface area (Å²) in [7, 11) is 0. The van der Waals surface area contributed by atoms with Gasteiger partial charge < -0.3 is 15.2 Å². The monoisotopic (exact) mass is 375 g/mol. The summed E-state index contributed by atoms with van der Waals surface area (Å²) < 4.78 is 5.38. The summed E-state index contributed by atoms with van der Waals surface area (Å²) in [4.78, 5) is 23.9. The van der Waals surface area contributed by atoms with Gasteiger partial charge in [0.15, 0.2) is 0 Å². The molecule has 26 heavy (non-hydrogen) atoms. The van der Waals surface area contributed by atoms with E-state index in [0.717, 1.165) is 16.9 Å². The van der Waals surface area contributed by atoms with E-state index in [1.165, 1.54) is 0 Å². The van der Waals surface area contributed by atoms with Crippen molar-refractivity contribution in [2.45, 2.75) is 20.3 Å². The van der Waals surface area contributed by atoms with Crippen LogP contribution in [0.1, 0.15) is 28.4 Å². The number of rotatable bonds is 8. The molecule has 1 atom stereocenters. The molecule has 2 rings (SSSR count). The fourth-order valence-corrected chi connectivity index (χ4v) is 2.77. The smallest absolute Gasteiger partial charge is 0.308 e. The topological polar surface area (TPSA) is 75.6 Å². The molecule has 0 aliphatic rings. The molecule has 0 bridgehead atoms. The van der Waals surface area contributed by atoms with Crippen molar-refractivity contribution in [3.8, 4) is 5.75 Å². The standard InChI is InChI=1S/C20H22ClNO4/c1-3-26-16-9-7-14(8-10-16)11-15(20(24)25)12-22-19(23)17-6-4-5-13(2)18(17)21/h4-10,15H,3,11-12H2,1-2H3,(H,22,23)(H,24,25). The second-order valence-corrected chi connectivity index (χ2v) is 6.34. The Morgan fingerprint density at radius 1 is 1.19 bits per heavy atom. The normalized spacial score (nSPS) is 11.7. The van der Waals surface area contributed by atoms with Gasteiger partial charge in [0.25, 0.3) is 5.91 Å². The molecule has 0 fully saturated rings. The van der Waals surface area contributed by atoms with E-state index < -0.39 is 11.9 Å². The fourth-order valence-electron chi connectivity index (χ4n) is 2.55. The maximum atomic E-state index is 12.3. The van der Waals surface area contributed by atoms with Crippen LogP contribution >= 0.6 is 11.6 Å². The molecule has 1 unspecified atom stereocenters. The Bertz CT molecular complexity index is 774. The molecule has 1 amide bonds. The van der Waals surface area contributed by atoms with Crippen LogP contribution in [-0.4, -0.2) is 30.1 Å². The van der Waals surface area contributed by atoms with Crippen molar-refractivity contribution in [2.24, 2.45) is 5.92 Å². The number of hydrogen-bond acceptors (Lipinski definition) is 3. The Morgan fingerprint density at radius 2 is 1.88 bits per heavy atom. The first-order valence-electron chi connectivity index (χ1n) is 8.40. The summed E-state index contributed by atoms with van der Waals surface area (Å²) in [5, 5.41) is 12.5. The van der Waals surface area contributed by atoms with Gasteiger partial charge in [0.1, 0.15) is 5.75 Å². The first-order chi connectivity index (χ1) is 12.4. The molecule has 0 saturated carbocycles. The van der Waals surface area contributed by atoms with Crippen LogP contribution in [0.2, 0.25) is 5.02 Å². The van der Waals surface area contributed by atoms with Crippen molar-refractivity contribution in [1.29, 1.82) is 0 Å². The Labute approximate surface area is 157 Å². The molecule has 0 radical (unpaired) electrons. The number of carboxylic acids is 1. The average molecular weight is 376 g/mol. The molecule has 6 heteroatoms. The predicted octanol–water partition coefficient (Wildman–Crippen LogP) is 3.72. The third-order valence-electron chi connectivity index (χ3n) is 4.01. The van der Waals surface area contributed by atoms with Gasteiger partial charge >= 0.3 is 5.97 Å². The van der Waals surface area contributed by atoms with Crippen LogP contribution < -0.4 is 10.1 Å². The van der Waals surface area contributed by atoms with Gasteiger partial charge in [-0.15, -0.1) is 0 Å². The number of nitrogens with one attached hydrogen (secondary N) is 1. The van der Waals surface area contributed by atoms with Gasteiger partial charge in [0.2, 0.25) is 0 Å². The minimum absolute atomic E-state index is 0.0195. The first-order valence-corrected chi connectivity index (χ1v) is 8.78. The predicted molar refractivity (Wildman–Crippen MR) is 101 cm³/mol. The number of carbonyl (C=O) groups is 2. The molecule has 138 valence electrons. The molecule has 2 aromatic carbocycles. The summed E-state index contributed by atoms with van der Waals surface area (Å²) in [5.74, 6) is -1.34. The quantitative estimate of drug-likeness (QED) is 0.737. The lowest BCUT2D eigenvalue weighted by Gasteiger charge is -2.15. The molecule has 0 spiro atoms. The summed E-state index contributed by atoms with van der Waals surface area (Å²) >= 11 is 6.15. The van der Waals surface area contributed by atoms with E-state index in [2.05, 4.69) is 5.32 Å². The lowest BCUT2D eigenvalue weighted by atomic mass is 9.99. The maximum absolute atomic E-state index is 12.3. The van der Waals surface area contributed by atoms with E-state index >= 15 is 0 Å². The van der Waals surface area contributed by atoms with Crippen molar-refractivity contribution in [3.05, 3.63) is 64.2 Å². The molecule has 0 heterocycles. The van der Waals surface area contributed by atoms with E-state index in [1.807, 2.05) is 44.2 Å². The number of hydrogen-bond donors (Lipinski definition) is 2. The number of aryl methyl sites for hydroxylation is 1. The van der Waals surface area contributed by atoms with Crippen LogP contribution in [0.5, 0.6) is 5.75 Å². The molecule has 5 nitrogen and oxygen atoms in total. The molecule has 2 aromatic rings. The molecular weight excluding hydrogens is 354 g/mol. The van der Waals surface area contributed by atoms with Gasteiger partial charge in [-0.05, 0) is 49.6 Å². The van der Waals surface area contributed by atoms with Gasteiger partial charge in [0, 0.05) is 6.54 Å². The van der Waals surface area contributed by atoms with Gasteiger partial charge in [-0.25, -0.2) is 0 Å².